The van der Waals surface area contributed by atoms with Crippen LogP contribution >= 0.6 is 0 Å². The lowest BCUT2D eigenvalue weighted by molar-refractivity contribution is -0.159. The van der Waals surface area contributed by atoms with Crippen molar-refractivity contribution in [2.75, 3.05) is 20.3 Å². The summed E-state index contributed by atoms with van der Waals surface area (Å²) in [5.74, 6) is -3.38. The largest absolute Gasteiger partial charge is 0.480 e. The lowest BCUT2D eigenvalue weighted by Gasteiger charge is -2.33. The third-order valence-electron chi connectivity index (χ3n) is 3.94. The number of amides is 1. The molecular formula is C16H23NO8. The number of hydrogen-bond donors (Lipinski definition) is 2. The molecule has 25 heavy (non-hydrogen) atoms. The van der Waals surface area contributed by atoms with Gasteiger partial charge in [0.1, 0.15) is 12.1 Å². The van der Waals surface area contributed by atoms with Crippen LogP contribution in [-0.2, 0) is 28.7 Å². The summed E-state index contributed by atoms with van der Waals surface area (Å²) in [4.78, 5) is 47.1. The number of ether oxygens (including phenoxy) is 2. The summed E-state index contributed by atoms with van der Waals surface area (Å²) in [6, 6.07) is -0.955. The van der Waals surface area contributed by atoms with Gasteiger partial charge in [-0.15, -0.1) is 0 Å². The Balaban J connectivity index is 2.66. The highest BCUT2D eigenvalue weighted by Crippen LogP contribution is 2.26. The van der Waals surface area contributed by atoms with E-state index in [0.717, 1.165) is 24.2 Å². The molecule has 2 N–H and O–H groups in total. The van der Waals surface area contributed by atoms with E-state index in [1.807, 2.05) is 0 Å². The molecule has 1 heterocycles. The van der Waals surface area contributed by atoms with Crippen molar-refractivity contribution < 1.29 is 38.9 Å². The fraction of sp³-hybridized carbons (Fsp3) is 0.625. The Labute approximate surface area is 145 Å². The van der Waals surface area contributed by atoms with E-state index in [0.29, 0.717) is 12.8 Å². The van der Waals surface area contributed by atoms with Crippen LogP contribution in [0.2, 0.25) is 0 Å². The van der Waals surface area contributed by atoms with Gasteiger partial charge in [-0.25, -0.2) is 14.4 Å². The summed E-state index contributed by atoms with van der Waals surface area (Å²) >= 11 is 0. The van der Waals surface area contributed by atoms with Crippen molar-refractivity contribution in [3.8, 4) is 0 Å². The molecule has 0 aromatic carbocycles. The fourth-order valence-corrected chi connectivity index (χ4v) is 2.37. The molecule has 2 atom stereocenters. The molecule has 1 amide bonds. The normalized spacial score (nSPS) is 18.9. The Hall–Kier alpha value is -2.42. The van der Waals surface area contributed by atoms with E-state index in [-0.39, 0.29) is 13.2 Å². The number of rotatable bonds is 7. The van der Waals surface area contributed by atoms with Gasteiger partial charge >= 0.3 is 17.9 Å². The van der Waals surface area contributed by atoms with Crippen LogP contribution in [0.25, 0.3) is 0 Å². The number of aliphatic carboxylic acids is 1. The third-order valence-corrected chi connectivity index (χ3v) is 3.94. The zero-order valence-electron chi connectivity index (χ0n) is 14.4. The zero-order valence-corrected chi connectivity index (χ0v) is 14.4. The topological polar surface area (TPSA) is 130 Å². The Bertz CT molecular complexity index is 568. The quantitative estimate of drug-likeness (QED) is 0.470. The lowest BCUT2D eigenvalue weighted by atomic mass is 9.86. The van der Waals surface area contributed by atoms with Gasteiger partial charge in [-0.2, -0.15) is 0 Å². The van der Waals surface area contributed by atoms with Gasteiger partial charge in [0.25, 0.3) is 5.91 Å². The minimum Gasteiger partial charge on any atom is -0.480 e. The van der Waals surface area contributed by atoms with Crippen LogP contribution < -0.4 is 0 Å². The number of carboxylic acids is 1. The van der Waals surface area contributed by atoms with Crippen molar-refractivity contribution >= 4 is 23.8 Å². The first kappa shape index (κ1) is 20.6. The van der Waals surface area contributed by atoms with Crippen molar-refractivity contribution in [1.29, 1.82) is 0 Å². The van der Waals surface area contributed by atoms with Gasteiger partial charge in [0, 0.05) is 24.1 Å². The van der Waals surface area contributed by atoms with Crippen LogP contribution in [0.4, 0.5) is 0 Å². The second kappa shape index (κ2) is 8.61. The molecule has 1 fully saturated rings. The minimum absolute atomic E-state index is 0.255. The molecule has 1 saturated heterocycles. The van der Waals surface area contributed by atoms with Gasteiger partial charge < -0.3 is 24.6 Å². The van der Waals surface area contributed by atoms with Crippen molar-refractivity contribution in [3.05, 3.63) is 12.2 Å². The molecule has 0 saturated carbocycles. The molecule has 0 spiro atoms. The number of nitrogens with zero attached hydrogens (tertiary/aromatic N) is 1. The molecule has 0 aromatic heterocycles. The van der Waals surface area contributed by atoms with Gasteiger partial charge in [-0.1, -0.05) is 13.8 Å². The molecular weight excluding hydrogens is 334 g/mol. The second-order valence-electron chi connectivity index (χ2n) is 6.38. The highest BCUT2D eigenvalue weighted by Gasteiger charge is 2.42. The molecule has 0 aromatic rings. The number of likely N-dealkylation sites (tertiary alicyclic amines) is 1. The number of carboxylic acid groups (broad SMARTS) is 1. The maximum Gasteiger partial charge on any atom is 0.331 e. The average molecular weight is 357 g/mol. The van der Waals surface area contributed by atoms with Crippen LogP contribution in [-0.4, -0.2) is 71.3 Å². The van der Waals surface area contributed by atoms with Gasteiger partial charge in [0.2, 0.25) is 0 Å². The average Bonchev–Trinajstić information content (AvgIpc) is 3.06. The molecule has 1 aliphatic rings. The van der Waals surface area contributed by atoms with Crippen molar-refractivity contribution in [1.82, 2.24) is 4.90 Å². The SMILES string of the molecule is COC(=O)/C=C/C(=O)OCC(C)(C)[C@@H](O)C(=O)N1CCC[C@H]1C(=O)O. The van der Waals surface area contributed by atoms with Crippen LogP contribution in [0.5, 0.6) is 0 Å². The van der Waals surface area contributed by atoms with Gasteiger partial charge in [-0.05, 0) is 12.8 Å². The Kier molecular flexibility index (Phi) is 7.10. The van der Waals surface area contributed by atoms with Gasteiger partial charge in [0.05, 0.1) is 13.7 Å². The predicted molar refractivity (Wildman–Crippen MR) is 84.3 cm³/mol. The van der Waals surface area contributed by atoms with Crippen molar-refractivity contribution in [2.24, 2.45) is 5.41 Å². The van der Waals surface area contributed by atoms with Crippen LogP contribution in [0.3, 0.4) is 0 Å². The molecule has 0 radical (unpaired) electrons. The molecule has 1 aliphatic heterocycles. The molecule has 0 unspecified atom stereocenters. The Morgan fingerprint density at radius 2 is 1.84 bits per heavy atom. The maximum atomic E-state index is 12.4. The van der Waals surface area contributed by atoms with Crippen molar-refractivity contribution in [2.45, 2.75) is 38.8 Å². The Morgan fingerprint density at radius 1 is 1.24 bits per heavy atom. The van der Waals surface area contributed by atoms with E-state index in [1.54, 1.807) is 0 Å². The number of aliphatic hydroxyl groups is 1. The van der Waals surface area contributed by atoms with Crippen LogP contribution in [0.15, 0.2) is 12.2 Å². The first-order valence-electron chi connectivity index (χ1n) is 7.74. The highest BCUT2D eigenvalue weighted by atomic mass is 16.5. The van der Waals surface area contributed by atoms with Gasteiger partial charge in [0.15, 0.2) is 0 Å². The van der Waals surface area contributed by atoms with E-state index in [4.69, 9.17) is 9.84 Å². The summed E-state index contributed by atoms with van der Waals surface area (Å²) in [5.41, 5.74) is -1.14. The summed E-state index contributed by atoms with van der Waals surface area (Å²) in [6.07, 6.45) is 1.10. The van der Waals surface area contributed by atoms with Crippen LogP contribution in [0, 0.1) is 5.41 Å². The summed E-state index contributed by atoms with van der Waals surface area (Å²) < 4.78 is 9.26. The number of methoxy groups -OCH3 is 1. The smallest absolute Gasteiger partial charge is 0.331 e. The number of esters is 2. The van der Waals surface area contributed by atoms with Gasteiger partial charge in [-0.3, -0.25) is 4.79 Å². The monoisotopic (exact) mass is 357 g/mol. The van der Waals surface area contributed by atoms with E-state index in [9.17, 15) is 24.3 Å². The van der Waals surface area contributed by atoms with Crippen molar-refractivity contribution in [3.63, 3.8) is 0 Å². The molecule has 1 rings (SSSR count). The van der Waals surface area contributed by atoms with E-state index in [1.165, 1.54) is 13.8 Å². The minimum atomic E-state index is -1.54. The molecule has 0 aliphatic carbocycles. The highest BCUT2D eigenvalue weighted by molar-refractivity contribution is 5.91. The summed E-state index contributed by atoms with van der Waals surface area (Å²) in [6.45, 7) is 2.98. The second-order valence-corrected chi connectivity index (χ2v) is 6.38. The number of carbonyl (C=O) groups excluding carboxylic acids is 3. The molecule has 0 bridgehead atoms. The summed E-state index contributed by atoms with van der Waals surface area (Å²) in [7, 11) is 1.16. The van der Waals surface area contributed by atoms with E-state index in [2.05, 4.69) is 4.74 Å². The molecule has 9 heteroatoms. The standard InChI is InChI=1S/C16H23NO8/c1-16(2,9-25-12(19)7-6-11(18)24-3)13(20)14(21)17-8-4-5-10(17)15(22)23/h6-7,10,13,20H,4-5,8-9H2,1-3H3,(H,22,23)/b7-6+/t10-,13-/m0/s1. The molecule has 9 nitrogen and oxygen atoms in total. The summed E-state index contributed by atoms with van der Waals surface area (Å²) in [5, 5.41) is 19.4. The number of aliphatic hydroxyl groups excluding tert-OH is 1. The third kappa shape index (κ3) is 5.56. The Morgan fingerprint density at radius 3 is 2.40 bits per heavy atom. The zero-order chi connectivity index (χ0) is 19.2. The fourth-order valence-electron chi connectivity index (χ4n) is 2.37. The van der Waals surface area contributed by atoms with E-state index < -0.39 is 41.4 Å². The predicted octanol–water partition coefficient (Wildman–Crippen LogP) is -0.278. The first-order valence-corrected chi connectivity index (χ1v) is 7.74. The lowest BCUT2D eigenvalue weighted by Crippen LogP contribution is -2.51. The first-order chi connectivity index (χ1) is 11.6. The van der Waals surface area contributed by atoms with E-state index >= 15 is 0 Å². The molecule has 140 valence electrons. The number of hydrogen-bond acceptors (Lipinski definition) is 7. The maximum absolute atomic E-state index is 12.4. The van der Waals surface area contributed by atoms with Crippen LogP contribution in [0.1, 0.15) is 26.7 Å². The number of carbonyl (C=O) groups is 4.